The van der Waals surface area contributed by atoms with Crippen molar-refractivity contribution in [2.24, 2.45) is 0 Å². The molecule has 1 aromatic rings. The van der Waals surface area contributed by atoms with Crippen molar-refractivity contribution in [1.82, 2.24) is 0 Å². The summed E-state index contributed by atoms with van der Waals surface area (Å²) < 4.78 is 21.2. The number of nitrogens with zero attached hydrogens (tertiary/aromatic N) is 1. The quantitative estimate of drug-likeness (QED) is 0.465. The fourth-order valence-corrected chi connectivity index (χ4v) is 2.45. The van der Waals surface area contributed by atoms with Crippen LogP contribution in [0.15, 0.2) is 48.7 Å². The Morgan fingerprint density at radius 1 is 1.22 bits per heavy atom. The first-order valence-electron chi connectivity index (χ1n) is 5.49. The average molecular weight is 263 g/mol. The molecule has 0 radical (unpaired) electrons. The second kappa shape index (κ2) is 4.89. The lowest BCUT2D eigenvalue weighted by Crippen LogP contribution is -2.42. The number of rotatable bonds is 2. The van der Waals surface area contributed by atoms with Crippen LogP contribution in [-0.4, -0.2) is 18.1 Å². The first-order valence-corrected chi connectivity index (χ1v) is 6.56. The van der Waals surface area contributed by atoms with Crippen LogP contribution >= 0.6 is 0 Å². The number of aryl methyl sites for hydroxylation is 1. The molecule has 5 heteroatoms. The van der Waals surface area contributed by atoms with Gasteiger partial charge >= 0.3 is 0 Å². The van der Waals surface area contributed by atoms with Gasteiger partial charge in [-0.2, -0.15) is 8.42 Å². The highest BCUT2D eigenvalue weighted by molar-refractivity contribution is 7.72. The van der Waals surface area contributed by atoms with Crippen molar-refractivity contribution in [1.29, 1.82) is 0 Å². The van der Waals surface area contributed by atoms with E-state index in [-0.39, 0.29) is 11.5 Å². The monoisotopic (exact) mass is 263 g/mol. The molecular formula is C13H13NO3S. The third-order valence-electron chi connectivity index (χ3n) is 2.89. The maximum atomic E-state index is 12.6. The molecule has 1 aliphatic rings. The summed E-state index contributed by atoms with van der Waals surface area (Å²) in [4.78, 5) is -0.166. The van der Waals surface area contributed by atoms with Crippen molar-refractivity contribution < 1.29 is 13.1 Å². The van der Waals surface area contributed by atoms with Gasteiger partial charge in [0.05, 0.1) is 0 Å². The van der Waals surface area contributed by atoms with Gasteiger partial charge in [-0.25, -0.2) is 0 Å². The van der Waals surface area contributed by atoms with E-state index in [1.54, 1.807) is 12.2 Å². The van der Waals surface area contributed by atoms with Crippen LogP contribution in [0.5, 0.6) is 0 Å². The van der Waals surface area contributed by atoms with Gasteiger partial charge in [0.15, 0.2) is 0 Å². The number of allylic oxidation sites excluding steroid dienone is 2. The van der Waals surface area contributed by atoms with Gasteiger partial charge in [-0.05, 0) is 24.6 Å². The molecule has 0 saturated heterocycles. The minimum Gasteiger partial charge on any atom is -0.621 e. The molecule has 1 heterocycles. The van der Waals surface area contributed by atoms with Gasteiger partial charge in [-0.1, -0.05) is 24.3 Å². The Bertz CT molecular complexity index is 651. The van der Waals surface area contributed by atoms with Crippen LogP contribution < -0.4 is 0 Å². The molecule has 1 aliphatic heterocycles. The molecule has 4 nitrogen and oxygen atoms in total. The van der Waals surface area contributed by atoms with Crippen LogP contribution in [0.3, 0.4) is 0 Å². The summed E-state index contributed by atoms with van der Waals surface area (Å²) in [6.45, 7) is 1.98. The molecule has 0 bridgehead atoms. The Labute approximate surface area is 107 Å². The summed E-state index contributed by atoms with van der Waals surface area (Å²) >= 11 is 0. The largest absolute Gasteiger partial charge is 0.621 e. The van der Waals surface area contributed by atoms with Crippen molar-refractivity contribution in [3.63, 3.8) is 0 Å². The summed E-state index contributed by atoms with van der Waals surface area (Å²) in [5.74, 6) is 0. The zero-order valence-corrected chi connectivity index (χ0v) is 10.7. The number of benzene rings is 1. The molecule has 94 valence electrons. The van der Waals surface area contributed by atoms with E-state index in [4.69, 9.17) is 0 Å². The van der Waals surface area contributed by atoms with Gasteiger partial charge in [0, 0.05) is 11.6 Å². The zero-order chi connectivity index (χ0) is 13.2. The number of hydrogen-bond acceptors (Lipinski definition) is 3. The Morgan fingerprint density at radius 2 is 1.94 bits per heavy atom. The smallest absolute Gasteiger partial charge is 0.277 e. The third kappa shape index (κ3) is 2.43. The standard InChI is InChI=1S/C13H13NO3S/c1-11-6-2-3-7-12(11)10-14(15)9-5-4-8-13(14)18(16)17/h2-9H,10H2,1H3. The lowest BCUT2D eigenvalue weighted by atomic mass is 10.1. The maximum Gasteiger partial charge on any atom is 0.277 e. The molecule has 0 spiro atoms. The molecule has 0 saturated carbocycles. The number of hydrogen-bond donors (Lipinski definition) is 0. The van der Waals surface area contributed by atoms with Crippen LogP contribution in [-0.2, 0) is 16.8 Å². The van der Waals surface area contributed by atoms with Crippen LogP contribution in [0.2, 0.25) is 0 Å². The molecule has 0 N–H and O–H groups in total. The van der Waals surface area contributed by atoms with Gasteiger partial charge in [-0.3, -0.25) is 4.65 Å². The molecule has 0 aliphatic carbocycles. The summed E-state index contributed by atoms with van der Waals surface area (Å²) in [7, 11) is -2.51. The predicted octanol–water partition coefficient (Wildman–Crippen LogP) is 1.90. The van der Waals surface area contributed by atoms with Crippen LogP contribution in [0.25, 0.3) is 0 Å². The highest BCUT2D eigenvalue weighted by Crippen LogP contribution is 2.20. The summed E-state index contributed by atoms with van der Waals surface area (Å²) in [6, 6.07) is 7.46. The molecule has 1 unspecified atom stereocenters. The second-order valence-electron chi connectivity index (χ2n) is 4.15. The van der Waals surface area contributed by atoms with E-state index in [1.807, 2.05) is 31.2 Å². The maximum absolute atomic E-state index is 12.6. The molecule has 0 aromatic heterocycles. The molecule has 1 aromatic carbocycles. The van der Waals surface area contributed by atoms with Crippen molar-refractivity contribution in [2.45, 2.75) is 13.5 Å². The normalized spacial score (nSPS) is 22.2. The van der Waals surface area contributed by atoms with Gasteiger partial charge in [0.25, 0.3) is 15.3 Å². The zero-order valence-electron chi connectivity index (χ0n) is 9.91. The fourth-order valence-electron chi connectivity index (χ4n) is 1.88. The SMILES string of the molecule is Cc1ccccc1C[N+]1([O-])C=CC=CC1=S(=O)=O. The van der Waals surface area contributed by atoms with E-state index < -0.39 is 14.9 Å². The summed E-state index contributed by atoms with van der Waals surface area (Å²) in [5, 5.41) is 12.6. The van der Waals surface area contributed by atoms with Gasteiger partial charge < -0.3 is 5.21 Å². The van der Waals surface area contributed by atoms with E-state index >= 15 is 0 Å². The molecule has 0 amide bonds. The van der Waals surface area contributed by atoms with Gasteiger partial charge in [0.1, 0.15) is 12.7 Å². The Morgan fingerprint density at radius 3 is 2.61 bits per heavy atom. The van der Waals surface area contributed by atoms with Crippen LogP contribution in [0, 0.1) is 12.1 Å². The molecule has 18 heavy (non-hydrogen) atoms. The summed E-state index contributed by atoms with van der Waals surface area (Å²) in [6.07, 6.45) is 5.81. The molecule has 0 fully saturated rings. The topological polar surface area (TPSA) is 57.2 Å². The van der Waals surface area contributed by atoms with E-state index in [2.05, 4.69) is 0 Å². The van der Waals surface area contributed by atoms with Crippen molar-refractivity contribution in [2.75, 3.05) is 0 Å². The fraction of sp³-hybridized carbons (Fsp3) is 0.154. The minimum absolute atomic E-state index is 0.0802. The van der Waals surface area contributed by atoms with Crippen molar-refractivity contribution >= 4 is 15.3 Å². The number of hydroxylamine groups is 3. The Kier molecular flexibility index (Phi) is 3.47. The summed E-state index contributed by atoms with van der Waals surface area (Å²) in [5.41, 5.74) is 1.82. The van der Waals surface area contributed by atoms with Crippen molar-refractivity contribution in [3.8, 4) is 0 Å². The number of quaternary nitrogens is 1. The van der Waals surface area contributed by atoms with Gasteiger partial charge in [0.2, 0.25) is 0 Å². The van der Waals surface area contributed by atoms with Crippen LogP contribution in [0.4, 0.5) is 0 Å². The molecular weight excluding hydrogens is 250 g/mol. The van der Waals surface area contributed by atoms with E-state index in [0.29, 0.717) is 0 Å². The average Bonchev–Trinajstić information content (AvgIpc) is 2.32. The molecule has 1 atom stereocenters. The van der Waals surface area contributed by atoms with Crippen molar-refractivity contribution in [3.05, 3.63) is 65.0 Å². The Balaban J connectivity index is 2.44. The lowest BCUT2D eigenvalue weighted by molar-refractivity contribution is -0.744. The predicted molar refractivity (Wildman–Crippen MR) is 70.7 cm³/mol. The highest BCUT2D eigenvalue weighted by Gasteiger charge is 2.25. The minimum atomic E-state index is -2.51. The second-order valence-corrected chi connectivity index (χ2v) is 5.04. The first kappa shape index (κ1) is 12.8. The van der Waals surface area contributed by atoms with Gasteiger partial charge in [-0.15, -0.1) is 0 Å². The lowest BCUT2D eigenvalue weighted by Gasteiger charge is -2.38. The molecule has 2 rings (SSSR count). The highest BCUT2D eigenvalue weighted by atomic mass is 32.2. The van der Waals surface area contributed by atoms with Crippen LogP contribution in [0.1, 0.15) is 11.1 Å². The van der Waals surface area contributed by atoms with E-state index in [9.17, 15) is 13.6 Å². The van der Waals surface area contributed by atoms with E-state index in [0.717, 1.165) is 11.1 Å². The third-order valence-corrected chi connectivity index (χ3v) is 3.67. The Hall–Kier alpha value is -1.69. The van der Waals surface area contributed by atoms with E-state index in [1.165, 1.54) is 12.3 Å². The first-order chi connectivity index (χ1) is 8.53.